The molecule has 0 unspecified atom stereocenters. The molecule has 2 aromatic heterocycles. The van der Waals surface area contributed by atoms with E-state index < -0.39 is 0 Å². The van der Waals surface area contributed by atoms with Crippen molar-refractivity contribution >= 4 is 16.9 Å². The Morgan fingerprint density at radius 1 is 1.44 bits per heavy atom. The maximum absolute atomic E-state index is 4.47. The Morgan fingerprint density at radius 3 is 3.11 bits per heavy atom. The molecule has 0 bridgehead atoms. The van der Waals surface area contributed by atoms with E-state index in [4.69, 9.17) is 0 Å². The van der Waals surface area contributed by atoms with Gasteiger partial charge in [0.1, 0.15) is 17.8 Å². The molecule has 96 valence electrons. The molecular formula is C13H19N5. The van der Waals surface area contributed by atoms with Crippen molar-refractivity contribution in [3.63, 3.8) is 0 Å². The van der Waals surface area contributed by atoms with Crippen LogP contribution < -0.4 is 10.2 Å². The zero-order valence-electron chi connectivity index (χ0n) is 10.9. The van der Waals surface area contributed by atoms with E-state index in [1.54, 1.807) is 6.33 Å². The van der Waals surface area contributed by atoms with Gasteiger partial charge in [-0.1, -0.05) is 0 Å². The third-order valence-corrected chi connectivity index (χ3v) is 3.79. The fourth-order valence-electron chi connectivity index (χ4n) is 2.68. The van der Waals surface area contributed by atoms with Crippen molar-refractivity contribution in [2.75, 3.05) is 25.0 Å². The highest BCUT2D eigenvalue weighted by atomic mass is 15.2. The summed E-state index contributed by atoms with van der Waals surface area (Å²) in [5.74, 6) is 1.04. The monoisotopic (exact) mass is 245 g/mol. The maximum Gasteiger partial charge on any atom is 0.145 e. The number of piperidine rings is 1. The van der Waals surface area contributed by atoms with E-state index in [1.807, 2.05) is 17.8 Å². The number of hydrogen-bond acceptors (Lipinski definition) is 4. The van der Waals surface area contributed by atoms with Crippen molar-refractivity contribution in [1.29, 1.82) is 0 Å². The highest BCUT2D eigenvalue weighted by Gasteiger charge is 2.21. The predicted molar refractivity (Wildman–Crippen MR) is 72.8 cm³/mol. The highest BCUT2D eigenvalue weighted by molar-refractivity contribution is 5.87. The molecule has 0 amide bonds. The highest BCUT2D eigenvalue weighted by Crippen LogP contribution is 2.25. The number of aryl methyl sites for hydroxylation is 1. The number of fused-ring (bicyclic) bond motifs is 1. The lowest BCUT2D eigenvalue weighted by atomic mass is 10.1. The molecule has 1 aliphatic heterocycles. The second-order valence-electron chi connectivity index (χ2n) is 4.97. The van der Waals surface area contributed by atoms with E-state index in [1.165, 1.54) is 12.8 Å². The number of nitrogens with zero attached hydrogens (tertiary/aromatic N) is 4. The minimum Gasteiger partial charge on any atom is -0.355 e. The van der Waals surface area contributed by atoms with Gasteiger partial charge in [0.25, 0.3) is 0 Å². The average molecular weight is 245 g/mol. The van der Waals surface area contributed by atoms with E-state index in [-0.39, 0.29) is 0 Å². The molecule has 1 N–H and O–H groups in total. The summed E-state index contributed by atoms with van der Waals surface area (Å²) >= 11 is 0. The number of rotatable bonds is 2. The van der Waals surface area contributed by atoms with Gasteiger partial charge in [0.05, 0.1) is 5.39 Å². The van der Waals surface area contributed by atoms with E-state index in [0.717, 1.165) is 29.9 Å². The van der Waals surface area contributed by atoms with Crippen LogP contribution in [0.3, 0.4) is 0 Å². The van der Waals surface area contributed by atoms with Crippen LogP contribution in [0.15, 0.2) is 18.6 Å². The first kappa shape index (κ1) is 11.5. The first-order valence-corrected chi connectivity index (χ1v) is 6.47. The maximum atomic E-state index is 4.47. The molecule has 0 aliphatic carbocycles. The van der Waals surface area contributed by atoms with Gasteiger partial charge in [0, 0.05) is 32.9 Å². The van der Waals surface area contributed by atoms with Gasteiger partial charge < -0.3 is 14.8 Å². The number of aromatic nitrogens is 3. The molecule has 1 atom stereocenters. The summed E-state index contributed by atoms with van der Waals surface area (Å²) in [6, 6.07) is 2.62. The fraction of sp³-hybridized carbons (Fsp3) is 0.538. The molecule has 3 heterocycles. The SMILES string of the molecule is CN(c1ncnc2c1ccn2C)[C@@H]1CCCNC1. The van der Waals surface area contributed by atoms with Crippen LogP contribution in [0.25, 0.3) is 11.0 Å². The van der Waals surface area contributed by atoms with E-state index in [2.05, 4.69) is 33.3 Å². The lowest BCUT2D eigenvalue weighted by molar-refractivity contribution is 0.444. The molecule has 5 heteroatoms. The van der Waals surface area contributed by atoms with Gasteiger partial charge in [-0.15, -0.1) is 0 Å². The van der Waals surface area contributed by atoms with Crippen LogP contribution in [0.5, 0.6) is 0 Å². The van der Waals surface area contributed by atoms with Gasteiger partial charge in [-0.25, -0.2) is 9.97 Å². The minimum atomic E-state index is 0.525. The molecule has 0 radical (unpaired) electrons. The molecule has 3 rings (SSSR count). The van der Waals surface area contributed by atoms with Crippen LogP contribution in [0.4, 0.5) is 5.82 Å². The van der Waals surface area contributed by atoms with Gasteiger partial charge in [0.15, 0.2) is 0 Å². The Balaban J connectivity index is 1.97. The molecule has 0 aromatic carbocycles. The molecule has 1 saturated heterocycles. The second-order valence-corrected chi connectivity index (χ2v) is 4.97. The van der Waals surface area contributed by atoms with Crippen molar-refractivity contribution in [3.8, 4) is 0 Å². The molecular weight excluding hydrogens is 226 g/mol. The van der Waals surface area contributed by atoms with Crippen molar-refractivity contribution in [2.45, 2.75) is 18.9 Å². The quantitative estimate of drug-likeness (QED) is 0.862. The summed E-state index contributed by atoms with van der Waals surface area (Å²) < 4.78 is 2.04. The van der Waals surface area contributed by atoms with Crippen LogP contribution in [0, 0.1) is 0 Å². The topological polar surface area (TPSA) is 46.0 Å². The zero-order valence-corrected chi connectivity index (χ0v) is 10.9. The third kappa shape index (κ3) is 1.84. The lowest BCUT2D eigenvalue weighted by Gasteiger charge is -2.32. The van der Waals surface area contributed by atoms with E-state index in [9.17, 15) is 0 Å². The minimum absolute atomic E-state index is 0.525. The third-order valence-electron chi connectivity index (χ3n) is 3.79. The zero-order chi connectivity index (χ0) is 12.5. The van der Waals surface area contributed by atoms with Crippen molar-refractivity contribution < 1.29 is 0 Å². The van der Waals surface area contributed by atoms with Crippen LogP contribution in [-0.2, 0) is 7.05 Å². The summed E-state index contributed by atoms with van der Waals surface area (Å²) in [6.07, 6.45) is 6.15. The molecule has 18 heavy (non-hydrogen) atoms. The van der Waals surface area contributed by atoms with Crippen LogP contribution in [0.1, 0.15) is 12.8 Å². The smallest absolute Gasteiger partial charge is 0.145 e. The van der Waals surface area contributed by atoms with Gasteiger partial charge in [-0.3, -0.25) is 0 Å². The van der Waals surface area contributed by atoms with Crippen molar-refractivity contribution in [1.82, 2.24) is 19.9 Å². The molecule has 1 fully saturated rings. The standard InChI is InChI=1S/C13H19N5/c1-17-7-5-11-12(17)15-9-16-13(11)18(2)10-4-3-6-14-8-10/h5,7,9-10,14H,3-4,6,8H2,1-2H3/t10-/m1/s1. The molecule has 0 saturated carbocycles. The molecule has 1 aliphatic rings. The number of nitrogens with one attached hydrogen (secondary N) is 1. The first-order chi connectivity index (χ1) is 8.77. The van der Waals surface area contributed by atoms with Gasteiger partial charge in [-0.05, 0) is 25.5 Å². The first-order valence-electron chi connectivity index (χ1n) is 6.47. The van der Waals surface area contributed by atoms with Crippen LogP contribution >= 0.6 is 0 Å². The van der Waals surface area contributed by atoms with E-state index in [0.29, 0.717) is 6.04 Å². The Morgan fingerprint density at radius 2 is 2.33 bits per heavy atom. The van der Waals surface area contributed by atoms with Crippen molar-refractivity contribution in [3.05, 3.63) is 18.6 Å². The average Bonchev–Trinajstić information content (AvgIpc) is 2.81. The Labute approximate surface area is 107 Å². The Bertz CT molecular complexity index is 541. The van der Waals surface area contributed by atoms with E-state index >= 15 is 0 Å². The van der Waals surface area contributed by atoms with Gasteiger partial charge in [0.2, 0.25) is 0 Å². The van der Waals surface area contributed by atoms with Crippen LogP contribution in [-0.4, -0.2) is 40.7 Å². The number of likely N-dealkylation sites (N-methyl/N-ethyl adjacent to an activating group) is 1. The number of anilines is 1. The Hall–Kier alpha value is -1.62. The second kappa shape index (κ2) is 4.57. The number of hydrogen-bond donors (Lipinski definition) is 1. The molecule has 2 aromatic rings. The Kier molecular flexibility index (Phi) is 2.91. The summed E-state index contributed by atoms with van der Waals surface area (Å²) in [6.45, 7) is 2.17. The van der Waals surface area contributed by atoms with Gasteiger partial charge in [-0.2, -0.15) is 0 Å². The predicted octanol–water partition coefficient (Wildman–Crippen LogP) is 1.16. The fourth-order valence-corrected chi connectivity index (χ4v) is 2.68. The lowest BCUT2D eigenvalue weighted by Crippen LogP contribution is -2.44. The summed E-state index contributed by atoms with van der Waals surface area (Å²) in [5, 5.41) is 4.58. The van der Waals surface area contributed by atoms with Gasteiger partial charge >= 0.3 is 0 Å². The molecule has 0 spiro atoms. The summed E-state index contributed by atoms with van der Waals surface area (Å²) in [5.41, 5.74) is 0.996. The summed E-state index contributed by atoms with van der Waals surface area (Å²) in [4.78, 5) is 11.1. The summed E-state index contributed by atoms with van der Waals surface area (Å²) in [7, 11) is 4.15. The van der Waals surface area contributed by atoms with Crippen molar-refractivity contribution in [2.24, 2.45) is 7.05 Å². The normalized spacial score (nSPS) is 20.2. The molecule has 5 nitrogen and oxygen atoms in total. The largest absolute Gasteiger partial charge is 0.355 e. The van der Waals surface area contributed by atoms with Crippen LogP contribution in [0.2, 0.25) is 0 Å².